The second kappa shape index (κ2) is 6.67. The number of phenolic OH excluding ortho intramolecular Hbond substituents is 1. The van der Waals surface area contributed by atoms with Crippen molar-refractivity contribution in [3.63, 3.8) is 0 Å². The summed E-state index contributed by atoms with van der Waals surface area (Å²) in [5.74, 6) is 0.662. The molecule has 1 N–H and O–H groups in total. The summed E-state index contributed by atoms with van der Waals surface area (Å²) >= 11 is 0. The zero-order valence-electron chi connectivity index (χ0n) is 16.8. The molecule has 146 valence electrons. The van der Waals surface area contributed by atoms with E-state index in [1.807, 2.05) is 48.0 Å². The summed E-state index contributed by atoms with van der Waals surface area (Å²) in [5, 5.41) is 19.4. The molecule has 1 aromatic carbocycles. The van der Waals surface area contributed by atoms with Gasteiger partial charge in [0.1, 0.15) is 11.4 Å². The van der Waals surface area contributed by atoms with Crippen LogP contribution in [0, 0.1) is 13.8 Å². The predicted octanol–water partition coefficient (Wildman–Crippen LogP) is 3.81. The molecule has 0 aliphatic carbocycles. The number of aromatic hydroxyl groups is 1. The summed E-state index contributed by atoms with van der Waals surface area (Å²) in [4.78, 5) is 6.81. The quantitative estimate of drug-likeness (QED) is 0.581. The van der Waals surface area contributed by atoms with Gasteiger partial charge in [-0.15, -0.1) is 0 Å². The SMILES string of the molecule is Cc1cn2cc(-c3ccc(-c4ccc(C5CN(C)C5)nn4)c(O)c3)cc(C)c2n1. The molecule has 0 amide bonds. The Morgan fingerprint density at radius 3 is 2.48 bits per heavy atom. The van der Waals surface area contributed by atoms with E-state index in [0.29, 0.717) is 17.2 Å². The van der Waals surface area contributed by atoms with Crippen LogP contribution in [0.2, 0.25) is 0 Å². The van der Waals surface area contributed by atoms with E-state index in [1.54, 1.807) is 6.07 Å². The van der Waals surface area contributed by atoms with Crippen LogP contribution in [0.3, 0.4) is 0 Å². The molecule has 0 unspecified atom stereocenters. The number of hydrogen-bond acceptors (Lipinski definition) is 5. The molecule has 0 spiro atoms. The molecule has 1 aliphatic heterocycles. The van der Waals surface area contributed by atoms with E-state index in [9.17, 15) is 5.11 Å². The minimum absolute atomic E-state index is 0.201. The molecule has 3 aromatic heterocycles. The smallest absolute Gasteiger partial charge is 0.139 e. The number of aromatic nitrogens is 4. The van der Waals surface area contributed by atoms with Crippen molar-refractivity contribution in [3.05, 3.63) is 65.7 Å². The molecule has 0 saturated carbocycles. The molecule has 0 atom stereocenters. The zero-order chi connectivity index (χ0) is 20.1. The Kier molecular flexibility index (Phi) is 4.10. The first kappa shape index (κ1) is 17.8. The van der Waals surface area contributed by atoms with Gasteiger partial charge in [-0.1, -0.05) is 6.07 Å². The Hall–Kier alpha value is -3.25. The van der Waals surface area contributed by atoms with Gasteiger partial charge in [0.05, 0.1) is 17.1 Å². The fourth-order valence-electron chi connectivity index (χ4n) is 4.07. The fraction of sp³-hybridized carbons (Fsp3) is 0.261. The van der Waals surface area contributed by atoms with E-state index in [2.05, 4.69) is 40.1 Å². The van der Waals surface area contributed by atoms with Crippen molar-refractivity contribution in [2.75, 3.05) is 20.1 Å². The zero-order valence-corrected chi connectivity index (χ0v) is 16.8. The van der Waals surface area contributed by atoms with Gasteiger partial charge in [0.25, 0.3) is 0 Å². The largest absolute Gasteiger partial charge is 0.507 e. The van der Waals surface area contributed by atoms with E-state index >= 15 is 0 Å². The van der Waals surface area contributed by atoms with Gasteiger partial charge in [0, 0.05) is 37.0 Å². The number of fused-ring (bicyclic) bond motifs is 1. The van der Waals surface area contributed by atoms with Crippen LogP contribution < -0.4 is 0 Å². The average molecular weight is 385 g/mol. The highest BCUT2D eigenvalue weighted by Crippen LogP contribution is 2.33. The molecule has 1 saturated heterocycles. The Morgan fingerprint density at radius 1 is 0.966 bits per heavy atom. The summed E-state index contributed by atoms with van der Waals surface area (Å²) in [6.45, 7) is 6.08. The van der Waals surface area contributed by atoms with Gasteiger partial charge in [0.15, 0.2) is 0 Å². The molecule has 0 radical (unpaired) electrons. The van der Waals surface area contributed by atoms with Gasteiger partial charge >= 0.3 is 0 Å². The van der Waals surface area contributed by atoms with Crippen LogP contribution in [0.1, 0.15) is 22.9 Å². The van der Waals surface area contributed by atoms with E-state index in [-0.39, 0.29) is 5.75 Å². The number of likely N-dealkylation sites (tertiary alicyclic amines) is 1. The highest BCUT2D eigenvalue weighted by atomic mass is 16.3. The summed E-state index contributed by atoms with van der Waals surface area (Å²) < 4.78 is 2.03. The van der Waals surface area contributed by atoms with Gasteiger partial charge in [0.2, 0.25) is 0 Å². The van der Waals surface area contributed by atoms with E-state index in [1.165, 1.54) is 0 Å². The third kappa shape index (κ3) is 3.15. The number of hydrogen-bond donors (Lipinski definition) is 1. The van der Waals surface area contributed by atoms with Crippen molar-refractivity contribution in [1.82, 2.24) is 24.5 Å². The van der Waals surface area contributed by atoms with E-state index in [4.69, 9.17) is 0 Å². The van der Waals surface area contributed by atoms with Crippen molar-refractivity contribution >= 4 is 5.65 Å². The van der Waals surface area contributed by atoms with Gasteiger partial charge in [-0.25, -0.2) is 4.98 Å². The average Bonchev–Trinajstić information content (AvgIpc) is 3.07. The normalized spacial score (nSPS) is 15.0. The first-order valence-electron chi connectivity index (χ1n) is 9.80. The molecule has 4 aromatic rings. The molecule has 6 heteroatoms. The van der Waals surface area contributed by atoms with E-state index in [0.717, 1.165) is 46.8 Å². The molecular weight excluding hydrogens is 362 g/mol. The van der Waals surface area contributed by atoms with Crippen molar-refractivity contribution < 1.29 is 5.11 Å². The Morgan fingerprint density at radius 2 is 1.79 bits per heavy atom. The number of benzene rings is 1. The van der Waals surface area contributed by atoms with Crippen LogP contribution in [0.4, 0.5) is 0 Å². The minimum atomic E-state index is 0.201. The van der Waals surface area contributed by atoms with Crippen LogP contribution in [-0.2, 0) is 0 Å². The van der Waals surface area contributed by atoms with Crippen molar-refractivity contribution in [1.29, 1.82) is 0 Å². The fourth-order valence-corrected chi connectivity index (χ4v) is 4.07. The Balaban J connectivity index is 1.46. The van der Waals surface area contributed by atoms with Crippen LogP contribution in [-0.4, -0.2) is 49.7 Å². The van der Waals surface area contributed by atoms with Gasteiger partial charge in [-0.3, -0.25) is 0 Å². The molecular formula is C23H23N5O. The molecule has 29 heavy (non-hydrogen) atoms. The summed E-state index contributed by atoms with van der Waals surface area (Å²) in [7, 11) is 2.10. The number of likely N-dealkylation sites (N-methyl/N-ethyl adjacent to an activating group) is 1. The number of rotatable bonds is 3. The lowest BCUT2D eigenvalue weighted by Gasteiger charge is -2.35. The molecule has 6 nitrogen and oxygen atoms in total. The topological polar surface area (TPSA) is 66.5 Å². The van der Waals surface area contributed by atoms with Crippen LogP contribution in [0.15, 0.2) is 48.8 Å². The highest BCUT2D eigenvalue weighted by molar-refractivity contribution is 5.75. The molecule has 0 bridgehead atoms. The summed E-state index contributed by atoms with van der Waals surface area (Å²) in [5.41, 5.74) is 7.41. The Bertz CT molecular complexity index is 1210. The first-order chi connectivity index (χ1) is 14.0. The lowest BCUT2D eigenvalue weighted by atomic mass is 9.96. The van der Waals surface area contributed by atoms with Crippen LogP contribution in [0.5, 0.6) is 5.75 Å². The molecule has 1 fully saturated rings. The summed E-state index contributed by atoms with van der Waals surface area (Å²) in [6.07, 6.45) is 4.05. The number of nitrogens with zero attached hydrogens (tertiary/aromatic N) is 5. The third-order valence-electron chi connectivity index (χ3n) is 5.63. The second-order valence-corrected chi connectivity index (χ2v) is 8.02. The second-order valence-electron chi connectivity index (χ2n) is 8.02. The predicted molar refractivity (Wildman–Crippen MR) is 113 cm³/mol. The van der Waals surface area contributed by atoms with Crippen LogP contribution in [0.25, 0.3) is 28.0 Å². The lowest BCUT2D eigenvalue weighted by Crippen LogP contribution is -2.42. The lowest BCUT2D eigenvalue weighted by molar-refractivity contribution is 0.186. The molecule has 1 aliphatic rings. The maximum absolute atomic E-state index is 10.7. The van der Waals surface area contributed by atoms with Crippen molar-refractivity contribution in [2.45, 2.75) is 19.8 Å². The summed E-state index contributed by atoms with van der Waals surface area (Å²) in [6, 6.07) is 11.8. The van der Waals surface area contributed by atoms with Gasteiger partial charge in [-0.05, 0) is 67.9 Å². The Labute approximate surface area is 169 Å². The van der Waals surface area contributed by atoms with Crippen molar-refractivity contribution in [3.8, 4) is 28.1 Å². The first-order valence-corrected chi connectivity index (χ1v) is 9.80. The number of aryl methyl sites for hydroxylation is 2. The molecule has 5 rings (SSSR count). The minimum Gasteiger partial charge on any atom is -0.507 e. The molecule has 4 heterocycles. The van der Waals surface area contributed by atoms with Crippen molar-refractivity contribution in [2.24, 2.45) is 0 Å². The van der Waals surface area contributed by atoms with Gasteiger partial charge in [-0.2, -0.15) is 10.2 Å². The number of pyridine rings is 1. The van der Waals surface area contributed by atoms with Crippen LogP contribution >= 0.6 is 0 Å². The van der Waals surface area contributed by atoms with E-state index < -0.39 is 0 Å². The maximum Gasteiger partial charge on any atom is 0.139 e. The maximum atomic E-state index is 10.7. The highest BCUT2D eigenvalue weighted by Gasteiger charge is 2.26. The monoisotopic (exact) mass is 385 g/mol. The van der Waals surface area contributed by atoms with Gasteiger partial charge < -0.3 is 14.4 Å². The number of phenols is 1. The third-order valence-corrected chi connectivity index (χ3v) is 5.63. The number of imidazole rings is 1. The standard InChI is InChI=1S/C23H23N5O/c1-14-8-17(13-28-10-15(2)24-23(14)28)16-4-5-19(22(29)9-16)21-7-6-20(25-26-21)18-11-27(3)12-18/h4-10,13,18,29H,11-12H2,1-3H3.